The summed E-state index contributed by atoms with van der Waals surface area (Å²) in [7, 11) is 0. The van der Waals surface area contributed by atoms with Crippen molar-refractivity contribution in [3.05, 3.63) is 40.9 Å². The number of rotatable bonds is 2. The zero-order chi connectivity index (χ0) is 8.97. The van der Waals surface area contributed by atoms with Gasteiger partial charge in [-0.3, -0.25) is 4.79 Å². The number of carbonyl (C=O) groups excluding carboxylic acids is 1. The monoisotopic (exact) mass is 224 g/mol. The summed E-state index contributed by atoms with van der Waals surface area (Å²) in [5.74, 6) is 0.0677. The van der Waals surface area contributed by atoms with Crippen molar-refractivity contribution in [2.24, 2.45) is 0 Å². The number of hydrogen-bond acceptors (Lipinski definition) is 1. The van der Waals surface area contributed by atoms with Crippen LogP contribution < -0.4 is 0 Å². The molecule has 1 aromatic carbocycles. The van der Waals surface area contributed by atoms with Crippen LogP contribution >= 0.6 is 15.9 Å². The predicted molar refractivity (Wildman–Crippen MR) is 54.0 cm³/mol. The summed E-state index contributed by atoms with van der Waals surface area (Å²) in [4.78, 5) is 12.7. The van der Waals surface area contributed by atoms with Crippen LogP contribution in [0.1, 0.15) is 12.5 Å². The summed E-state index contributed by atoms with van der Waals surface area (Å²) < 4.78 is 0. The highest BCUT2D eigenvalue weighted by Crippen LogP contribution is 2.16. The molecule has 2 heteroatoms. The lowest BCUT2D eigenvalue weighted by Crippen LogP contribution is -1.93. The Labute approximate surface area is 80.2 Å². The molecule has 1 aromatic rings. The maximum atomic E-state index is 11.1. The van der Waals surface area contributed by atoms with E-state index in [4.69, 9.17) is 0 Å². The summed E-state index contributed by atoms with van der Waals surface area (Å²) in [6.07, 6.45) is 0. The molecule has 0 aliphatic heterocycles. The Hall–Kier alpha value is -0.890. The lowest BCUT2D eigenvalue weighted by molar-refractivity contribution is -0.111. The molecule has 0 aliphatic rings. The number of halogens is 1. The van der Waals surface area contributed by atoms with Gasteiger partial charge in [0.15, 0.2) is 5.78 Å². The first-order valence-corrected chi connectivity index (χ1v) is 4.54. The fourth-order valence-corrected chi connectivity index (χ4v) is 1.55. The molecule has 62 valence electrons. The molecule has 0 spiro atoms. The van der Waals surface area contributed by atoms with E-state index in [1.807, 2.05) is 30.3 Å². The second kappa shape index (κ2) is 4.21. The van der Waals surface area contributed by atoms with Crippen LogP contribution in [0.4, 0.5) is 0 Å². The molecular weight excluding hydrogens is 216 g/mol. The van der Waals surface area contributed by atoms with Gasteiger partial charge in [0.1, 0.15) is 0 Å². The van der Waals surface area contributed by atoms with Crippen LogP contribution in [0, 0.1) is 0 Å². The number of Topliss-reactive ketones (excluding diaryl/α,β-unsaturated/α-hetero) is 1. The van der Waals surface area contributed by atoms with E-state index in [1.54, 1.807) is 11.9 Å². The molecule has 0 fully saturated rings. The Morgan fingerprint density at radius 1 is 1.33 bits per heavy atom. The molecule has 0 heterocycles. The minimum atomic E-state index is 0.0677. The maximum Gasteiger partial charge on any atom is 0.160 e. The smallest absolute Gasteiger partial charge is 0.160 e. The van der Waals surface area contributed by atoms with E-state index in [0.29, 0.717) is 5.57 Å². The van der Waals surface area contributed by atoms with E-state index < -0.39 is 0 Å². The van der Waals surface area contributed by atoms with Crippen LogP contribution in [0.15, 0.2) is 35.3 Å². The molecule has 0 amide bonds. The van der Waals surface area contributed by atoms with Crippen molar-refractivity contribution in [1.29, 1.82) is 0 Å². The van der Waals surface area contributed by atoms with Crippen molar-refractivity contribution in [3.63, 3.8) is 0 Å². The van der Waals surface area contributed by atoms with Crippen LogP contribution in [0.5, 0.6) is 0 Å². The zero-order valence-corrected chi connectivity index (χ0v) is 8.34. The van der Waals surface area contributed by atoms with Gasteiger partial charge in [0, 0.05) is 5.57 Å². The van der Waals surface area contributed by atoms with Gasteiger partial charge in [-0.15, -0.1) is 0 Å². The second-order valence-corrected chi connectivity index (χ2v) is 2.90. The number of benzene rings is 1. The van der Waals surface area contributed by atoms with Gasteiger partial charge in [0.2, 0.25) is 0 Å². The van der Waals surface area contributed by atoms with Crippen LogP contribution in [-0.2, 0) is 4.79 Å². The van der Waals surface area contributed by atoms with Crippen molar-refractivity contribution in [3.8, 4) is 0 Å². The molecule has 0 N–H and O–H groups in total. The third-order valence-corrected chi connectivity index (χ3v) is 2.03. The van der Waals surface area contributed by atoms with Crippen molar-refractivity contribution in [2.75, 3.05) is 0 Å². The average molecular weight is 225 g/mol. The van der Waals surface area contributed by atoms with Gasteiger partial charge in [-0.25, -0.2) is 0 Å². The highest BCUT2D eigenvalue weighted by molar-refractivity contribution is 9.11. The van der Waals surface area contributed by atoms with Gasteiger partial charge >= 0.3 is 0 Å². The summed E-state index contributed by atoms with van der Waals surface area (Å²) >= 11 is 3.17. The molecule has 0 saturated heterocycles. The van der Waals surface area contributed by atoms with Crippen LogP contribution in [0.3, 0.4) is 0 Å². The Morgan fingerprint density at radius 3 is 2.33 bits per heavy atom. The highest BCUT2D eigenvalue weighted by Gasteiger charge is 2.04. The molecule has 1 rings (SSSR count). The van der Waals surface area contributed by atoms with E-state index in [9.17, 15) is 4.79 Å². The molecule has 0 bridgehead atoms. The van der Waals surface area contributed by atoms with Gasteiger partial charge in [-0.1, -0.05) is 46.3 Å². The van der Waals surface area contributed by atoms with Crippen LogP contribution in [0.2, 0.25) is 0 Å². The Morgan fingerprint density at radius 2 is 1.92 bits per heavy atom. The fourth-order valence-electron chi connectivity index (χ4n) is 0.961. The normalized spacial score (nSPS) is 11.3. The highest BCUT2D eigenvalue weighted by atomic mass is 79.9. The maximum absolute atomic E-state index is 11.1. The average Bonchev–Trinajstić information content (AvgIpc) is 2.07. The van der Waals surface area contributed by atoms with Gasteiger partial charge in [0.05, 0.1) is 0 Å². The quantitative estimate of drug-likeness (QED) is 0.707. The van der Waals surface area contributed by atoms with E-state index >= 15 is 0 Å². The Kier molecular flexibility index (Phi) is 3.23. The number of ketones is 1. The zero-order valence-electron chi connectivity index (χ0n) is 6.75. The van der Waals surface area contributed by atoms with Crippen molar-refractivity contribution >= 4 is 27.3 Å². The van der Waals surface area contributed by atoms with E-state index in [-0.39, 0.29) is 5.78 Å². The summed E-state index contributed by atoms with van der Waals surface area (Å²) in [6, 6.07) is 9.57. The molecule has 0 aromatic heterocycles. The lowest BCUT2D eigenvalue weighted by Gasteiger charge is -2.00. The van der Waals surface area contributed by atoms with Gasteiger partial charge < -0.3 is 0 Å². The Bertz CT molecular complexity index is 301. The van der Waals surface area contributed by atoms with Crippen LogP contribution in [-0.4, -0.2) is 5.78 Å². The molecule has 12 heavy (non-hydrogen) atoms. The standard InChI is InChI=1S/C10H9BrO/c1-8(12)10(7-11)9-5-3-2-4-6-9/h2-7H,1H3/b10-7-. The largest absolute Gasteiger partial charge is 0.294 e. The first-order chi connectivity index (χ1) is 5.75. The molecule has 1 nitrogen and oxygen atoms in total. The fraction of sp³-hybridized carbons (Fsp3) is 0.100. The predicted octanol–water partition coefficient (Wildman–Crippen LogP) is 3.01. The lowest BCUT2D eigenvalue weighted by atomic mass is 10.1. The minimum absolute atomic E-state index is 0.0677. The molecule has 0 aliphatic carbocycles. The van der Waals surface area contributed by atoms with Crippen molar-refractivity contribution < 1.29 is 4.79 Å². The van der Waals surface area contributed by atoms with Crippen LogP contribution in [0.25, 0.3) is 5.57 Å². The molecule has 0 saturated carbocycles. The third kappa shape index (κ3) is 2.05. The first-order valence-electron chi connectivity index (χ1n) is 3.62. The molecular formula is C10H9BrO. The van der Waals surface area contributed by atoms with Crippen molar-refractivity contribution in [2.45, 2.75) is 6.92 Å². The number of carbonyl (C=O) groups is 1. The molecule has 0 unspecified atom stereocenters. The van der Waals surface area contributed by atoms with E-state index in [2.05, 4.69) is 15.9 Å². The molecule has 0 atom stereocenters. The second-order valence-electron chi connectivity index (χ2n) is 2.44. The third-order valence-electron chi connectivity index (χ3n) is 1.57. The summed E-state index contributed by atoms with van der Waals surface area (Å²) in [6.45, 7) is 1.56. The minimum Gasteiger partial charge on any atom is -0.294 e. The van der Waals surface area contributed by atoms with Gasteiger partial charge in [0.25, 0.3) is 0 Å². The topological polar surface area (TPSA) is 17.1 Å². The van der Waals surface area contributed by atoms with Gasteiger partial charge in [-0.05, 0) is 17.5 Å². The number of hydrogen-bond donors (Lipinski definition) is 0. The Balaban J connectivity index is 3.05. The SMILES string of the molecule is CC(=O)/C(=C/Br)c1ccccc1. The van der Waals surface area contributed by atoms with Crippen molar-refractivity contribution in [1.82, 2.24) is 0 Å². The first kappa shape index (κ1) is 9.20. The summed E-state index contributed by atoms with van der Waals surface area (Å²) in [5.41, 5.74) is 1.65. The number of allylic oxidation sites excluding steroid dienone is 1. The summed E-state index contributed by atoms with van der Waals surface area (Å²) in [5, 5.41) is 0. The molecule has 0 radical (unpaired) electrons. The van der Waals surface area contributed by atoms with E-state index in [0.717, 1.165) is 5.56 Å². The van der Waals surface area contributed by atoms with Gasteiger partial charge in [-0.2, -0.15) is 0 Å². The van der Waals surface area contributed by atoms with E-state index in [1.165, 1.54) is 0 Å².